The van der Waals surface area contributed by atoms with E-state index >= 15 is 0 Å². The van der Waals surface area contributed by atoms with Crippen molar-refractivity contribution in [2.75, 3.05) is 12.9 Å². The molecule has 0 aliphatic rings. The Bertz CT molecular complexity index is 908. The summed E-state index contributed by atoms with van der Waals surface area (Å²) in [6.07, 6.45) is 0. The molecule has 3 aromatic rings. The second-order valence-corrected chi connectivity index (χ2v) is 6.41. The van der Waals surface area contributed by atoms with Gasteiger partial charge < -0.3 is 9.84 Å². The highest BCUT2D eigenvalue weighted by molar-refractivity contribution is 7.99. The molecule has 0 fully saturated rings. The zero-order valence-electron chi connectivity index (χ0n) is 13.8. The first-order valence-electron chi connectivity index (χ1n) is 7.58. The molecular weight excluding hydrogens is 338 g/mol. The average molecular weight is 355 g/mol. The number of hydrogen-bond acceptors (Lipinski definition) is 5. The summed E-state index contributed by atoms with van der Waals surface area (Å²) in [7, 11) is 1.65. The molecule has 0 spiro atoms. The normalized spacial score (nSPS) is 10.6. The summed E-state index contributed by atoms with van der Waals surface area (Å²) < 4.78 is 5.34. The number of aryl methyl sites for hydroxylation is 1. The van der Waals surface area contributed by atoms with Gasteiger partial charge in [0, 0.05) is 5.56 Å². The van der Waals surface area contributed by atoms with Gasteiger partial charge in [-0.15, -0.1) is 5.10 Å². The average Bonchev–Trinajstić information content (AvgIpc) is 3.08. The molecule has 2 N–H and O–H groups in total. The van der Waals surface area contributed by atoms with Gasteiger partial charge >= 0.3 is 5.97 Å². The van der Waals surface area contributed by atoms with Gasteiger partial charge in [-0.3, -0.25) is 9.89 Å². The van der Waals surface area contributed by atoms with Crippen molar-refractivity contribution >= 4 is 17.7 Å². The van der Waals surface area contributed by atoms with Crippen molar-refractivity contribution in [3.8, 4) is 28.3 Å². The van der Waals surface area contributed by atoms with Gasteiger partial charge in [0.1, 0.15) is 5.75 Å². The van der Waals surface area contributed by atoms with Crippen LogP contribution in [0.4, 0.5) is 0 Å². The summed E-state index contributed by atoms with van der Waals surface area (Å²) >= 11 is 1.08. The summed E-state index contributed by atoms with van der Waals surface area (Å²) in [5, 5.41) is 16.1. The predicted molar refractivity (Wildman–Crippen MR) is 96.9 cm³/mol. The number of benzene rings is 2. The Morgan fingerprint density at radius 1 is 1.20 bits per heavy atom. The maximum absolute atomic E-state index is 10.6. The monoisotopic (exact) mass is 355 g/mol. The van der Waals surface area contributed by atoms with Gasteiger partial charge in [-0.2, -0.15) is 0 Å². The van der Waals surface area contributed by atoms with Crippen LogP contribution in [0.5, 0.6) is 5.75 Å². The summed E-state index contributed by atoms with van der Waals surface area (Å²) in [5.41, 5.74) is 4.09. The number of aliphatic carboxylic acids is 1. The van der Waals surface area contributed by atoms with Crippen molar-refractivity contribution in [2.24, 2.45) is 0 Å². The van der Waals surface area contributed by atoms with Gasteiger partial charge in [0.2, 0.25) is 5.16 Å². The standard InChI is InChI=1S/C18H17N3O3S/c1-11-6-14(9-15(7-11)24-2)12-4-3-5-13(8-12)17-19-18(21-20-17)25-10-16(22)23/h3-9H,10H2,1-2H3,(H,22,23)(H,19,20,21). The minimum absolute atomic E-state index is 0.0690. The van der Waals surface area contributed by atoms with Crippen LogP contribution in [-0.4, -0.2) is 39.1 Å². The molecule has 0 aliphatic carbocycles. The third-order valence-electron chi connectivity index (χ3n) is 3.55. The van der Waals surface area contributed by atoms with Gasteiger partial charge in [-0.25, -0.2) is 4.98 Å². The number of hydrogen-bond donors (Lipinski definition) is 2. The van der Waals surface area contributed by atoms with Gasteiger partial charge in [0.25, 0.3) is 0 Å². The Labute approximate surface area is 149 Å². The molecule has 0 saturated heterocycles. The van der Waals surface area contributed by atoms with Crippen LogP contribution in [0.25, 0.3) is 22.5 Å². The second-order valence-electron chi connectivity index (χ2n) is 5.47. The third kappa shape index (κ3) is 4.19. The molecule has 1 heterocycles. The molecule has 0 atom stereocenters. The molecule has 0 saturated carbocycles. The maximum Gasteiger partial charge on any atom is 0.313 e. The van der Waals surface area contributed by atoms with E-state index in [1.165, 1.54) is 0 Å². The van der Waals surface area contributed by atoms with Crippen molar-refractivity contribution in [1.82, 2.24) is 15.2 Å². The number of thioether (sulfide) groups is 1. The molecule has 0 amide bonds. The number of carboxylic acids is 1. The minimum atomic E-state index is -0.897. The summed E-state index contributed by atoms with van der Waals surface area (Å²) in [6, 6.07) is 14.0. The van der Waals surface area contributed by atoms with Gasteiger partial charge in [0.05, 0.1) is 12.9 Å². The molecule has 0 unspecified atom stereocenters. The van der Waals surface area contributed by atoms with Crippen molar-refractivity contribution in [3.05, 3.63) is 48.0 Å². The van der Waals surface area contributed by atoms with Gasteiger partial charge in [-0.05, 0) is 41.8 Å². The van der Waals surface area contributed by atoms with Crippen LogP contribution < -0.4 is 4.74 Å². The Kier molecular flexibility index (Phi) is 5.04. The van der Waals surface area contributed by atoms with Crippen molar-refractivity contribution < 1.29 is 14.6 Å². The van der Waals surface area contributed by atoms with E-state index in [2.05, 4.69) is 21.2 Å². The second kappa shape index (κ2) is 7.40. The molecule has 0 aliphatic heterocycles. The fourth-order valence-electron chi connectivity index (χ4n) is 2.44. The lowest BCUT2D eigenvalue weighted by Crippen LogP contribution is -1.97. The number of ether oxygens (including phenoxy) is 1. The van der Waals surface area contributed by atoms with Crippen LogP contribution in [0.1, 0.15) is 5.56 Å². The molecule has 7 heteroatoms. The lowest BCUT2D eigenvalue weighted by atomic mass is 10.0. The lowest BCUT2D eigenvalue weighted by Gasteiger charge is -2.08. The number of carbonyl (C=O) groups is 1. The summed E-state index contributed by atoms with van der Waals surface area (Å²) in [6.45, 7) is 2.03. The van der Waals surface area contributed by atoms with Crippen LogP contribution in [0.3, 0.4) is 0 Å². The van der Waals surface area contributed by atoms with Crippen molar-refractivity contribution in [3.63, 3.8) is 0 Å². The zero-order chi connectivity index (χ0) is 17.8. The SMILES string of the molecule is COc1cc(C)cc(-c2cccc(-c3nc(SCC(=O)O)n[nH]3)c2)c1. The van der Waals surface area contributed by atoms with E-state index < -0.39 is 5.97 Å². The molecule has 6 nitrogen and oxygen atoms in total. The number of carboxylic acid groups (broad SMARTS) is 1. The van der Waals surface area contributed by atoms with E-state index in [9.17, 15) is 4.79 Å². The molecule has 0 bridgehead atoms. The first-order valence-corrected chi connectivity index (χ1v) is 8.57. The fourth-order valence-corrected chi connectivity index (χ4v) is 2.96. The molecule has 3 rings (SSSR count). The van der Waals surface area contributed by atoms with Crippen LogP contribution in [0, 0.1) is 6.92 Å². The number of nitrogens with zero attached hydrogens (tertiary/aromatic N) is 2. The van der Waals surface area contributed by atoms with E-state index in [0.29, 0.717) is 11.0 Å². The van der Waals surface area contributed by atoms with Crippen LogP contribution >= 0.6 is 11.8 Å². The van der Waals surface area contributed by atoms with E-state index in [4.69, 9.17) is 9.84 Å². The van der Waals surface area contributed by atoms with E-state index in [0.717, 1.165) is 39.8 Å². The quantitative estimate of drug-likeness (QED) is 0.657. The van der Waals surface area contributed by atoms with E-state index in [-0.39, 0.29) is 5.75 Å². The third-order valence-corrected chi connectivity index (χ3v) is 4.38. The van der Waals surface area contributed by atoms with E-state index in [1.807, 2.05) is 43.3 Å². The predicted octanol–water partition coefficient (Wildman–Crippen LogP) is 3.63. The van der Waals surface area contributed by atoms with Gasteiger partial charge in [-0.1, -0.05) is 36.0 Å². The Balaban J connectivity index is 1.89. The highest BCUT2D eigenvalue weighted by Gasteiger charge is 2.10. The summed E-state index contributed by atoms with van der Waals surface area (Å²) in [4.78, 5) is 15.0. The van der Waals surface area contributed by atoms with Crippen molar-refractivity contribution in [1.29, 1.82) is 0 Å². The topological polar surface area (TPSA) is 88.1 Å². The molecule has 25 heavy (non-hydrogen) atoms. The van der Waals surface area contributed by atoms with E-state index in [1.54, 1.807) is 7.11 Å². The molecular formula is C18H17N3O3S. The lowest BCUT2D eigenvalue weighted by molar-refractivity contribution is -0.133. The Morgan fingerprint density at radius 3 is 2.76 bits per heavy atom. The van der Waals surface area contributed by atoms with Crippen LogP contribution in [0.2, 0.25) is 0 Å². The molecule has 2 aromatic carbocycles. The Hall–Kier alpha value is -2.80. The Morgan fingerprint density at radius 2 is 2.00 bits per heavy atom. The number of rotatable bonds is 6. The van der Waals surface area contributed by atoms with Crippen molar-refractivity contribution in [2.45, 2.75) is 12.1 Å². The fraction of sp³-hybridized carbons (Fsp3) is 0.167. The number of methoxy groups -OCH3 is 1. The highest BCUT2D eigenvalue weighted by Crippen LogP contribution is 2.29. The molecule has 0 radical (unpaired) electrons. The molecule has 128 valence electrons. The smallest absolute Gasteiger partial charge is 0.313 e. The minimum Gasteiger partial charge on any atom is -0.497 e. The number of aromatic nitrogens is 3. The maximum atomic E-state index is 10.6. The summed E-state index contributed by atoms with van der Waals surface area (Å²) in [5.74, 6) is 0.453. The first kappa shape index (κ1) is 17.0. The molecule has 1 aromatic heterocycles. The number of aromatic amines is 1. The number of nitrogens with one attached hydrogen (secondary N) is 1. The van der Waals surface area contributed by atoms with Crippen LogP contribution in [0.15, 0.2) is 47.6 Å². The number of H-pyrrole nitrogens is 1. The highest BCUT2D eigenvalue weighted by atomic mass is 32.2. The largest absolute Gasteiger partial charge is 0.497 e. The zero-order valence-corrected chi connectivity index (χ0v) is 14.6. The van der Waals surface area contributed by atoms with Crippen LogP contribution in [-0.2, 0) is 4.79 Å². The van der Waals surface area contributed by atoms with Gasteiger partial charge in [0.15, 0.2) is 5.82 Å². The first-order chi connectivity index (χ1) is 12.0.